The fraction of sp³-hybridized carbons (Fsp3) is 0.348. The molecule has 0 aliphatic heterocycles. The van der Waals surface area contributed by atoms with Crippen LogP contribution < -0.4 is 10.6 Å². The first-order valence-electron chi connectivity index (χ1n) is 9.56. The summed E-state index contributed by atoms with van der Waals surface area (Å²) in [5.74, 6) is -1.55. The van der Waals surface area contributed by atoms with Crippen LogP contribution in [0, 0.1) is 11.3 Å². The Bertz CT molecular complexity index is 865. The van der Waals surface area contributed by atoms with Gasteiger partial charge in [-0.3, -0.25) is 14.4 Å². The second-order valence-corrected chi connectivity index (χ2v) is 8.22. The molecule has 0 fully saturated rings. The molecule has 2 aromatic rings. The van der Waals surface area contributed by atoms with Crippen molar-refractivity contribution in [1.29, 1.82) is 0 Å². The summed E-state index contributed by atoms with van der Waals surface area (Å²) in [4.78, 5) is 35.3. The van der Waals surface area contributed by atoms with E-state index in [0.717, 1.165) is 11.1 Å². The Hall–Kier alpha value is -3.15. The van der Waals surface area contributed by atoms with E-state index in [1.54, 1.807) is 31.2 Å². The number of aliphatic carboxylic acids is 1. The maximum atomic E-state index is 12.4. The van der Waals surface area contributed by atoms with Crippen molar-refractivity contribution in [2.24, 2.45) is 11.3 Å². The number of benzene rings is 2. The molecule has 29 heavy (non-hydrogen) atoms. The highest BCUT2D eigenvalue weighted by Crippen LogP contribution is 2.16. The number of hydrogen-bond acceptors (Lipinski definition) is 3. The van der Waals surface area contributed by atoms with Crippen LogP contribution in [0.5, 0.6) is 0 Å². The Balaban J connectivity index is 1.92. The Morgan fingerprint density at radius 1 is 0.931 bits per heavy atom. The monoisotopic (exact) mass is 396 g/mol. The van der Waals surface area contributed by atoms with Crippen LogP contribution in [0.25, 0.3) is 0 Å². The molecule has 3 N–H and O–H groups in total. The number of carboxylic acid groups (broad SMARTS) is 1. The summed E-state index contributed by atoms with van der Waals surface area (Å²) in [6.45, 7) is 7.64. The fourth-order valence-electron chi connectivity index (χ4n) is 2.59. The third-order valence-corrected chi connectivity index (χ3v) is 4.53. The summed E-state index contributed by atoms with van der Waals surface area (Å²) in [5.41, 5.74) is 2.53. The highest BCUT2D eigenvalue weighted by Gasteiger charge is 2.20. The minimum absolute atomic E-state index is 0.0273. The summed E-state index contributed by atoms with van der Waals surface area (Å²) in [6, 6.07) is 14.2. The van der Waals surface area contributed by atoms with Crippen LogP contribution in [-0.2, 0) is 22.6 Å². The SMILES string of the molecule is CC(Cc1ccc(NC(=O)c2ccc(CNC(=O)C(C)(C)C)cc2)cc1)C(=O)O. The molecular formula is C23H28N2O4. The van der Waals surface area contributed by atoms with Crippen molar-refractivity contribution in [3.8, 4) is 0 Å². The summed E-state index contributed by atoms with van der Waals surface area (Å²) in [7, 11) is 0. The number of nitrogens with one attached hydrogen (secondary N) is 2. The van der Waals surface area contributed by atoms with Gasteiger partial charge in [-0.15, -0.1) is 0 Å². The highest BCUT2D eigenvalue weighted by molar-refractivity contribution is 6.04. The van der Waals surface area contributed by atoms with Gasteiger partial charge in [0.05, 0.1) is 5.92 Å². The molecule has 6 nitrogen and oxygen atoms in total. The molecule has 154 valence electrons. The molecule has 0 spiro atoms. The maximum Gasteiger partial charge on any atom is 0.306 e. The Kier molecular flexibility index (Phi) is 7.15. The van der Waals surface area contributed by atoms with E-state index in [-0.39, 0.29) is 11.8 Å². The molecular weight excluding hydrogens is 368 g/mol. The summed E-state index contributed by atoms with van der Waals surface area (Å²) in [5, 5.41) is 14.7. The van der Waals surface area contributed by atoms with Crippen LogP contribution in [0.15, 0.2) is 48.5 Å². The third-order valence-electron chi connectivity index (χ3n) is 4.53. The van der Waals surface area contributed by atoms with E-state index < -0.39 is 17.3 Å². The molecule has 0 aliphatic rings. The molecule has 0 saturated heterocycles. The topological polar surface area (TPSA) is 95.5 Å². The van der Waals surface area contributed by atoms with Crippen LogP contribution in [-0.4, -0.2) is 22.9 Å². The predicted molar refractivity (Wildman–Crippen MR) is 113 cm³/mol. The van der Waals surface area contributed by atoms with Crippen LogP contribution in [0.1, 0.15) is 49.2 Å². The van der Waals surface area contributed by atoms with Crippen LogP contribution >= 0.6 is 0 Å². The number of anilines is 1. The van der Waals surface area contributed by atoms with E-state index in [4.69, 9.17) is 5.11 Å². The number of amides is 2. The Morgan fingerprint density at radius 2 is 1.48 bits per heavy atom. The van der Waals surface area contributed by atoms with Gasteiger partial charge in [-0.1, -0.05) is 52.0 Å². The summed E-state index contributed by atoms with van der Waals surface area (Å²) >= 11 is 0. The molecule has 2 amide bonds. The van der Waals surface area contributed by atoms with Crippen molar-refractivity contribution < 1.29 is 19.5 Å². The zero-order chi connectivity index (χ0) is 21.6. The molecule has 0 aliphatic carbocycles. The second kappa shape index (κ2) is 9.37. The van der Waals surface area contributed by atoms with E-state index in [2.05, 4.69) is 10.6 Å². The van der Waals surface area contributed by atoms with Crippen molar-refractivity contribution in [2.45, 2.75) is 40.7 Å². The predicted octanol–water partition coefficient (Wildman–Crippen LogP) is 3.86. The van der Waals surface area contributed by atoms with Crippen molar-refractivity contribution in [1.82, 2.24) is 5.32 Å². The first kappa shape index (κ1) is 22.1. The third kappa shape index (κ3) is 6.75. The van der Waals surface area contributed by atoms with Gasteiger partial charge in [0.15, 0.2) is 0 Å². The van der Waals surface area contributed by atoms with Crippen LogP contribution in [0.4, 0.5) is 5.69 Å². The van der Waals surface area contributed by atoms with Crippen molar-refractivity contribution in [2.75, 3.05) is 5.32 Å². The van der Waals surface area contributed by atoms with Gasteiger partial charge in [0.25, 0.3) is 5.91 Å². The molecule has 0 radical (unpaired) electrons. The lowest BCUT2D eigenvalue weighted by atomic mass is 9.95. The van der Waals surface area contributed by atoms with Crippen molar-refractivity contribution in [3.05, 3.63) is 65.2 Å². The molecule has 6 heteroatoms. The standard InChI is InChI=1S/C23H28N2O4/c1-15(21(27)28)13-16-7-11-19(12-8-16)25-20(26)18-9-5-17(6-10-18)14-24-22(29)23(2,3)4/h5-12,15H,13-14H2,1-4H3,(H,24,29)(H,25,26)(H,27,28). The van der Waals surface area contributed by atoms with E-state index in [1.807, 2.05) is 45.0 Å². The van der Waals surface area contributed by atoms with Gasteiger partial charge < -0.3 is 15.7 Å². The zero-order valence-corrected chi connectivity index (χ0v) is 17.3. The first-order chi connectivity index (χ1) is 13.6. The van der Waals surface area contributed by atoms with Gasteiger partial charge in [0.1, 0.15) is 0 Å². The number of hydrogen-bond donors (Lipinski definition) is 3. The summed E-state index contributed by atoms with van der Waals surface area (Å²) in [6.07, 6.45) is 0.441. The maximum absolute atomic E-state index is 12.4. The molecule has 0 aromatic heterocycles. The Morgan fingerprint density at radius 3 is 2.00 bits per heavy atom. The van der Waals surface area contributed by atoms with Gasteiger partial charge in [-0.2, -0.15) is 0 Å². The molecule has 1 unspecified atom stereocenters. The lowest BCUT2D eigenvalue weighted by Crippen LogP contribution is -2.34. The van der Waals surface area contributed by atoms with Crippen molar-refractivity contribution in [3.63, 3.8) is 0 Å². The van der Waals surface area contributed by atoms with E-state index in [9.17, 15) is 14.4 Å². The minimum Gasteiger partial charge on any atom is -0.481 e. The van der Waals surface area contributed by atoms with Crippen molar-refractivity contribution >= 4 is 23.5 Å². The molecule has 2 aromatic carbocycles. The highest BCUT2D eigenvalue weighted by atomic mass is 16.4. The van der Waals surface area contributed by atoms with Gasteiger partial charge in [0, 0.05) is 23.2 Å². The van der Waals surface area contributed by atoms with E-state index in [0.29, 0.717) is 24.2 Å². The minimum atomic E-state index is -0.830. The molecule has 0 heterocycles. The molecule has 0 saturated carbocycles. The van der Waals surface area contributed by atoms with Gasteiger partial charge >= 0.3 is 5.97 Å². The first-order valence-corrected chi connectivity index (χ1v) is 9.56. The second-order valence-electron chi connectivity index (χ2n) is 8.22. The van der Waals surface area contributed by atoms with Crippen LogP contribution in [0.2, 0.25) is 0 Å². The number of rotatable bonds is 7. The molecule has 0 bridgehead atoms. The van der Waals surface area contributed by atoms with Gasteiger partial charge in [-0.05, 0) is 41.8 Å². The van der Waals surface area contributed by atoms with E-state index in [1.165, 1.54) is 0 Å². The quantitative estimate of drug-likeness (QED) is 0.662. The average molecular weight is 396 g/mol. The molecule has 1 atom stereocenters. The number of carbonyl (C=O) groups excluding carboxylic acids is 2. The average Bonchev–Trinajstić information content (AvgIpc) is 2.67. The Labute approximate surface area is 171 Å². The van der Waals surface area contributed by atoms with Gasteiger partial charge in [-0.25, -0.2) is 0 Å². The van der Waals surface area contributed by atoms with Crippen LogP contribution in [0.3, 0.4) is 0 Å². The van der Waals surface area contributed by atoms with Gasteiger partial charge in [0.2, 0.25) is 5.91 Å². The largest absolute Gasteiger partial charge is 0.481 e. The smallest absolute Gasteiger partial charge is 0.306 e. The lowest BCUT2D eigenvalue weighted by molar-refractivity contribution is -0.141. The number of carbonyl (C=O) groups is 3. The summed E-state index contributed by atoms with van der Waals surface area (Å²) < 4.78 is 0. The molecule has 2 rings (SSSR count). The number of carboxylic acids is 1. The normalized spacial score (nSPS) is 12.1. The van der Waals surface area contributed by atoms with E-state index >= 15 is 0 Å². The fourth-order valence-corrected chi connectivity index (χ4v) is 2.59. The lowest BCUT2D eigenvalue weighted by Gasteiger charge is -2.17. The zero-order valence-electron chi connectivity index (χ0n) is 17.3.